The summed E-state index contributed by atoms with van der Waals surface area (Å²) in [6.07, 6.45) is 2.29. The molecule has 0 saturated carbocycles. The van der Waals surface area contributed by atoms with Gasteiger partial charge in [0.15, 0.2) is 0 Å². The average Bonchev–Trinajstić information content (AvgIpc) is 2.54. The van der Waals surface area contributed by atoms with E-state index in [-0.39, 0.29) is 5.82 Å². The van der Waals surface area contributed by atoms with Gasteiger partial charge in [0.05, 0.1) is 10.9 Å². The molecule has 1 N–H and O–H groups in total. The van der Waals surface area contributed by atoms with E-state index in [1.807, 2.05) is 17.8 Å². The Balaban J connectivity index is 2.50. The minimum atomic E-state index is -0.832. The summed E-state index contributed by atoms with van der Waals surface area (Å²) in [6.45, 7) is 3.38. The number of benzene rings is 1. The molecule has 0 fully saturated rings. The first kappa shape index (κ1) is 12.6. The molecule has 0 amide bonds. The van der Waals surface area contributed by atoms with Crippen LogP contribution in [0.3, 0.4) is 0 Å². The summed E-state index contributed by atoms with van der Waals surface area (Å²) in [5.41, 5.74) is 0.883. The zero-order valence-corrected chi connectivity index (χ0v) is 10.7. The van der Waals surface area contributed by atoms with Gasteiger partial charge in [-0.25, -0.2) is 4.39 Å². The smallest absolute Gasteiger partial charge is 0.309 e. The van der Waals surface area contributed by atoms with Gasteiger partial charge in [-0.05, 0) is 44.0 Å². The van der Waals surface area contributed by atoms with Crippen molar-refractivity contribution in [3.63, 3.8) is 0 Å². The van der Waals surface area contributed by atoms with Gasteiger partial charge in [-0.15, -0.1) is 0 Å². The second kappa shape index (κ2) is 4.12. The van der Waals surface area contributed by atoms with Crippen molar-refractivity contribution in [1.82, 2.24) is 4.57 Å². The molecule has 96 valence electrons. The first-order valence-corrected chi connectivity index (χ1v) is 5.78. The van der Waals surface area contributed by atoms with Crippen LogP contribution in [0.2, 0.25) is 0 Å². The first-order chi connectivity index (χ1) is 8.31. The summed E-state index contributed by atoms with van der Waals surface area (Å²) < 4.78 is 15.0. The quantitative estimate of drug-likeness (QED) is 0.908. The van der Waals surface area contributed by atoms with Crippen molar-refractivity contribution in [2.45, 2.75) is 20.3 Å². The van der Waals surface area contributed by atoms with Crippen molar-refractivity contribution in [3.8, 4) is 0 Å². The van der Waals surface area contributed by atoms with Crippen molar-refractivity contribution in [3.05, 3.63) is 35.8 Å². The topological polar surface area (TPSA) is 42.2 Å². The Kier molecular flexibility index (Phi) is 2.89. The van der Waals surface area contributed by atoms with E-state index in [9.17, 15) is 9.18 Å². The van der Waals surface area contributed by atoms with Crippen LogP contribution in [0.4, 0.5) is 4.39 Å². The number of fused-ring (bicyclic) bond motifs is 1. The van der Waals surface area contributed by atoms with E-state index in [0.29, 0.717) is 6.42 Å². The number of nitrogens with zero attached hydrogens (tertiary/aromatic N) is 1. The van der Waals surface area contributed by atoms with Crippen molar-refractivity contribution < 1.29 is 14.3 Å². The van der Waals surface area contributed by atoms with Crippen LogP contribution >= 0.6 is 0 Å². The van der Waals surface area contributed by atoms with Gasteiger partial charge in [0, 0.05) is 18.6 Å². The molecule has 0 radical (unpaired) electrons. The molecule has 4 heteroatoms. The molecular formula is C14H16FNO2. The summed E-state index contributed by atoms with van der Waals surface area (Å²) in [5.74, 6) is -1.12. The number of hydrogen-bond donors (Lipinski definition) is 1. The third kappa shape index (κ3) is 2.10. The molecule has 1 aromatic heterocycles. The first-order valence-electron chi connectivity index (χ1n) is 5.78. The zero-order valence-electron chi connectivity index (χ0n) is 10.7. The lowest BCUT2D eigenvalue weighted by Crippen LogP contribution is -2.26. The lowest BCUT2D eigenvalue weighted by molar-refractivity contribution is -0.146. The van der Waals surface area contributed by atoms with E-state index in [1.165, 1.54) is 12.1 Å². The number of carbonyl (C=O) groups is 1. The molecule has 0 aliphatic rings. The molecule has 2 aromatic rings. The van der Waals surface area contributed by atoms with Crippen LogP contribution in [-0.2, 0) is 18.3 Å². The molecule has 2 rings (SSSR count). The van der Waals surface area contributed by atoms with Crippen LogP contribution < -0.4 is 0 Å². The fraction of sp³-hybridized carbons (Fsp3) is 0.357. The second-order valence-electron chi connectivity index (χ2n) is 5.29. The maximum absolute atomic E-state index is 13.2. The van der Waals surface area contributed by atoms with Crippen LogP contribution in [0, 0.1) is 11.2 Å². The molecule has 0 saturated heterocycles. The Morgan fingerprint density at radius 1 is 1.44 bits per heavy atom. The van der Waals surface area contributed by atoms with Crippen molar-refractivity contribution in [1.29, 1.82) is 0 Å². The normalized spacial score (nSPS) is 12.0. The standard InChI is InChI=1S/C14H16FNO2/c1-14(2,13(17)18)7-9-8-16(3)12-6-10(15)4-5-11(9)12/h4-6,8H,7H2,1-3H3,(H,17,18). The minimum absolute atomic E-state index is 0.284. The molecule has 0 spiro atoms. The zero-order chi connectivity index (χ0) is 13.5. The Morgan fingerprint density at radius 3 is 2.72 bits per heavy atom. The second-order valence-corrected chi connectivity index (χ2v) is 5.29. The van der Waals surface area contributed by atoms with Crippen LogP contribution in [0.1, 0.15) is 19.4 Å². The van der Waals surface area contributed by atoms with Gasteiger partial charge in [-0.2, -0.15) is 0 Å². The SMILES string of the molecule is Cn1cc(CC(C)(C)C(=O)O)c2ccc(F)cc21. The predicted octanol–water partition coefficient (Wildman–Crippen LogP) is 2.97. The molecule has 0 unspecified atom stereocenters. The summed E-state index contributed by atoms with van der Waals surface area (Å²) in [5, 5.41) is 10.1. The molecular weight excluding hydrogens is 233 g/mol. The lowest BCUT2D eigenvalue weighted by Gasteiger charge is -2.18. The van der Waals surface area contributed by atoms with Gasteiger partial charge in [-0.3, -0.25) is 4.79 Å². The van der Waals surface area contributed by atoms with E-state index in [2.05, 4.69) is 0 Å². The number of carboxylic acids is 1. The molecule has 1 heterocycles. The third-order valence-corrected chi connectivity index (χ3v) is 3.25. The van der Waals surface area contributed by atoms with Gasteiger partial charge < -0.3 is 9.67 Å². The van der Waals surface area contributed by atoms with E-state index in [4.69, 9.17) is 5.11 Å². The largest absolute Gasteiger partial charge is 0.481 e. The number of halogens is 1. The molecule has 0 bridgehead atoms. The number of carboxylic acid groups (broad SMARTS) is 1. The van der Waals surface area contributed by atoms with Crippen LogP contribution in [0.25, 0.3) is 10.9 Å². The highest BCUT2D eigenvalue weighted by Gasteiger charge is 2.28. The van der Waals surface area contributed by atoms with Crippen molar-refractivity contribution in [2.75, 3.05) is 0 Å². The molecule has 0 aliphatic carbocycles. The van der Waals surface area contributed by atoms with Gasteiger partial charge in [0.2, 0.25) is 0 Å². The highest BCUT2D eigenvalue weighted by Crippen LogP contribution is 2.28. The van der Waals surface area contributed by atoms with E-state index >= 15 is 0 Å². The Bertz CT molecular complexity index is 614. The number of aromatic nitrogens is 1. The fourth-order valence-electron chi connectivity index (χ4n) is 2.13. The Morgan fingerprint density at radius 2 is 2.11 bits per heavy atom. The summed E-state index contributed by atoms with van der Waals surface area (Å²) in [7, 11) is 1.83. The monoisotopic (exact) mass is 249 g/mol. The Hall–Kier alpha value is -1.84. The predicted molar refractivity (Wildman–Crippen MR) is 68.0 cm³/mol. The van der Waals surface area contributed by atoms with Gasteiger partial charge in [0.25, 0.3) is 0 Å². The highest BCUT2D eigenvalue weighted by molar-refractivity contribution is 5.85. The summed E-state index contributed by atoms with van der Waals surface area (Å²) >= 11 is 0. The number of aliphatic carboxylic acids is 1. The van der Waals surface area contributed by atoms with Crippen molar-refractivity contribution >= 4 is 16.9 Å². The van der Waals surface area contributed by atoms with E-state index in [0.717, 1.165) is 16.5 Å². The molecule has 0 atom stereocenters. The van der Waals surface area contributed by atoms with Crippen molar-refractivity contribution in [2.24, 2.45) is 12.5 Å². The number of hydrogen-bond acceptors (Lipinski definition) is 1. The molecule has 0 aliphatic heterocycles. The maximum Gasteiger partial charge on any atom is 0.309 e. The van der Waals surface area contributed by atoms with Gasteiger partial charge in [-0.1, -0.05) is 0 Å². The summed E-state index contributed by atoms with van der Waals surface area (Å²) in [6, 6.07) is 4.57. The summed E-state index contributed by atoms with van der Waals surface area (Å²) in [4.78, 5) is 11.2. The van der Waals surface area contributed by atoms with E-state index < -0.39 is 11.4 Å². The minimum Gasteiger partial charge on any atom is -0.481 e. The van der Waals surface area contributed by atoms with Crippen LogP contribution in [0.15, 0.2) is 24.4 Å². The number of rotatable bonds is 3. The molecule has 1 aromatic carbocycles. The van der Waals surface area contributed by atoms with Gasteiger partial charge >= 0.3 is 5.97 Å². The third-order valence-electron chi connectivity index (χ3n) is 3.25. The van der Waals surface area contributed by atoms with Crippen LogP contribution in [0.5, 0.6) is 0 Å². The molecule has 18 heavy (non-hydrogen) atoms. The fourth-order valence-corrected chi connectivity index (χ4v) is 2.13. The maximum atomic E-state index is 13.2. The highest BCUT2D eigenvalue weighted by atomic mass is 19.1. The number of aryl methyl sites for hydroxylation is 1. The molecule has 3 nitrogen and oxygen atoms in total. The van der Waals surface area contributed by atoms with Crippen LogP contribution in [-0.4, -0.2) is 15.6 Å². The van der Waals surface area contributed by atoms with E-state index in [1.54, 1.807) is 19.9 Å². The van der Waals surface area contributed by atoms with Gasteiger partial charge in [0.1, 0.15) is 5.82 Å². The average molecular weight is 249 g/mol. The Labute approximate surface area is 105 Å². The lowest BCUT2D eigenvalue weighted by atomic mass is 9.86.